The molecule has 1 aliphatic carbocycles. The van der Waals surface area contributed by atoms with E-state index in [9.17, 15) is 18.0 Å². The number of benzene rings is 1. The molecule has 0 radical (unpaired) electrons. The Hall–Kier alpha value is -2.57. The first-order valence-corrected chi connectivity index (χ1v) is 8.89. The van der Waals surface area contributed by atoms with Gasteiger partial charge in [0.25, 0.3) is 0 Å². The summed E-state index contributed by atoms with van der Waals surface area (Å²) < 4.78 is 44.2. The maximum absolute atomic E-state index is 12.8. The molecule has 4 nitrogen and oxygen atoms in total. The van der Waals surface area contributed by atoms with E-state index in [2.05, 4.69) is 16.9 Å². The Balaban J connectivity index is 1.69. The molecule has 1 amide bonds. The zero-order chi connectivity index (χ0) is 19.4. The van der Waals surface area contributed by atoms with Crippen LogP contribution in [-0.2, 0) is 4.79 Å². The number of carbonyl (C=O) groups excluding carboxylic acids is 1. The largest absolute Gasteiger partial charge is 0.491 e. The van der Waals surface area contributed by atoms with Crippen molar-refractivity contribution in [2.45, 2.75) is 31.9 Å². The van der Waals surface area contributed by atoms with Gasteiger partial charge in [0, 0.05) is 11.6 Å². The van der Waals surface area contributed by atoms with Gasteiger partial charge in [-0.05, 0) is 61.9 Å². The molecule has 0 saturated heterocycles. The Morgan fingerprint density at radius 3 is 2.67 bits per heavy atom. The van der Waals surface area contributed by atoms with Crippen molar-refractivity contribution in [1.29, 1.82) is 0 Å². The smallest absolute Gasteiger partial charge is 0.391 e. The molecule has 1 aliphatic rings. The Morgan fingerprint density at radius 2 is 2.00 bits per heavy atom. The third-order valence-electron chi connectivity index (χ3n) is 4.96. The third kappa shape index (κ3) is 4.59. The van der Waals surface area contributed by atoms with Gasteiger partial charge in [-0.3, -0.25) is 9.78 Å². The normalized spacial score (nSPS) is 20.3. The molecule has 1 aromatic carbocycles. The van der Waals surface area contributed by atoms with Gasteiger partial charge in [0.05, 0.1) is 18.2 Å². The average Bonchev–Trinajstić information content (AvgIpc) is 2.67. The zero-order valence-electron chi connectivity index (χ0n) is 14.8. The zero-order valence-corrected chi connectivity index (χ0v) is 14.8. The second-order valence-electron chi connectivity index (χ2n) is 6.77. The fraction of sp³-hybridized carbons (Fsp3) is 0.400. The molecule has 0 unspecified atom stereocenters. The van der Waals surface area contributed by atoms with Gasteiger partial charge in [0.1, 0.15) is 11.3 Å². The highest BCUT2D eigenvalue weighted by Crippen LogP contribution is 2.40. The van der Waals surface area contributed by atoms with Gasteiger partial charge in [0.15, 0.2) is 0 Å². The van der Waals surface area contributed by atoms with E-state index in [-0.39, 0.29) is 24.7 Å². The second-order valence-corrected chi connectivity index (χ2v) is 6.77. The summed E-state index contributed by atoms with van der Waals surface area (Å²) in [6.45, 7) is 3.79. The Morgan fingerprint density at radius 1 is 1.26 bits per heavy atom. The summed E-state index contributed by atoms with van der Waals surface area (Å²) in [5, 5.41) is 3.45. The molecule has 0 bridgehead atoms. The van der Waals surface area contributed by atoms with Crippen molar-refractivity contribution in [2.24, 2.45) is 11.8 Å². The molecule has 1 heterocycles. The minimum atomic E-state index is -4.10. The van der Waals surface area contributed by atoms with Gasteiger partial charge >= 0.3 is 6.18 Å². The highest BCUT2D eigenvalue weighted by Gasteiger charge is 2.41. The molecule has 1 fully saturated rings. The van der Waals surface area contributed by atoms with Crippen LogP contribution in [0.1, 0.15) is 25.7 Å². The fourth-order valence-electron chi connectivity index (χ4n) is 3.42. The van der Waals surface area contributed by atoms with Crippen molar-refractivity contribution < 1.29 is 22.7 Å². The molecular weight excluding hydrogens is 357 g/mol. The number of halogens is 3. The summed E-state index contributed by atoms with van der Waals surface area (Å²) in [4.78, 5) is 15.9. The van der Waals surface area contributed by atoms with Gasteiger partial charge in [-0.25, -0.2) is 0 Å². The number of aromatic nitrogens is 1. The Kier molecular flexibility index (Phi) is 5.68. The summed E-state index contributed by atoms with van der Waals surface area (Å²) in [6, 6.07) is 7.02. The Labute approximate surface area is 155 Å². The number of hydrogen-bond acceptors (Lipinski definition) is 3. The van der Waals surface area contributed by atoms with Crippen LogP contribution in [0.15, 0.2) is 43.1 Å². The molecule has 0 spiro atoms. The van der Waals surface area contributed by atoms with E-state index in [1.54, 1.807) is 24.4 Å². The van der Waals surface area contributed by atoms with Crippen LogP contribution in [0.4, 0.5) is 18.9 Å². The molecule has 0 atom stereocenters. The van der Waals surface area contributed by atoms with Crippen molar-refractivity contribution in [2.75, 3.05) is 11.9 Å². The lowest BCUT2D eigenvalue weighted by molar-refractivity contribution is -0.184. The number of carbonyl (C=O) groups is 1. The van der Waals surface area contributed by atoms with Gasteiger partial charge in [-0.2, -0.15) is 13.2 Å². The number of alkyl halides is 3. The van der Waals surface area contributed by atoms with Crippen LogP contribution in [0.3, 0.4) is 0 Å². The van der Waals surface area contributed by atoms with Gasteiger partial charge < -0.3 is 10.1 Å². The summed E-state index contributed by atoms with van der Waals surface area (Å²) in [6.07, 6.45) is 0.0303. The maximum atomic E-state index is 12.8. The highest BCUT2D eigenvalue weighted by molar-refractivity contribution is 6.06. The highest BCUT2D eigenvalue weighted by atomic mass is 19.4. The minimum Gasteiger partial charge on any atom is -0.491 e. The van der Waals surface area contributed by atoms with Crippen LogP contribution in [0.2, 0.25) is 0 Å². The quantitative estimate of drug-likeness (QED) is 0.736. The molecular formula is C20H21F3N2O2. The number of anilines is 1. The van der Waals surface area contributed by atoms with Crippen molar-refractivity contribution >= 4 is 22.5 Å². The van der Waals surface area contributed by atoms with Crippen molar-refractivity contribution in [3.05, 3.63) is 43.1 Å². The lowest BCUT2D eigenvalue weighted by atomic mass is 9.82. The summed E-state index contributed by atoms with van der Waals surface area (Å²) >= 11 is 0. The topological polar surface area (TPSA) is 51.2 Å². The van der Waals surface area contributed by atoms with E-state index in [1.165, 1.54) is 6.08 Å². The van der Waals surface area contributed by atoms with Crippen LogP contribution in [0.5, 0.6) is 5.75 Å². The van der Waals surface area contributed by atoms with Gasteiger partial charge in [0.2, 0.25) is 5.91 Å². The number of ether oxygens (including phenoxy) is 1. The van der Waals surface area contributed by atoms with Crippen molar-refractivity contribution in [3.8, 4) is 5.75 Å². The Bertz CT molecular complexity index is 828. The monoisotopic (exact) mass is 378 g/mol. The van der Waals surface area contributed by atoms with E-state index < -0.39 is 12.1 Å². The minimum absolute atomic E-state index is 0.0995. The number of hydrogen-bond donors (Lipinski definition) is 1. The second kappa shape index (κ2) is 7.98. The first-order chi connectivity index (χ1) is 12.9. The summed E-state index contributed by atoms with van der Waals surface area (Å²) in [5.41, 5.74) is 1.20. The third-order valence-corrected chi connectivity index (χ3v) is 4.96. The summed E-state index contributed by atoms with van der Waals surface area (Å²) in [5.74, 6) is -0.859. The number of rotatable bonds is 5. The number of nitrogens with zero attached hydrogens (tertiary/aromatic N) is 1. The molecule has 144 valence electrons. The van der Waals surface area contributed by atoms with Crippen LogP contribution in [0.25, 0.3) is 10.9 Å². The predicted molar refractivity (Wildman–Crippen MR) is 97.6 cm³/mol. The van der Waals surface area contributed by atoms with E-state index in [0.29, 0.717) is 36.4 Å². The lowest BCUT2D eigenvalue weighted by Crippen LogP contribution is -2.29. The standard InChI is InChI=1S/C20H21F3N2O2/c1-2-18(26)25-16-9-10-17(19-15(16)4-3-11-24-19)27-12-13-5-7-14(8-6-13)20(21,22)23/h2-4,9-11,13-14H,1,5-8,12H2,(H,25,26)/t13-,14-. The lowest BCUT2D eigenvalue weighted by Gasteiger charge is -2.29. The van der Waals surface area contributed by atoms with Crippen LogP contribution in [-0.4, -0.2) is 23.7 Å². The van der Waals surface area contributed by atoms with E-state index >= 15 is 0 Å². The van der Waals surface area contributed by atoms with Gasteiger partial charge in [-0.15, -0.1) is 0 Å². The van der Waals surface area contributed by atoms with Crippen LogP contribution < -0.4 is 10.1 Å². The van der Waals surface area contributed by atoms with Crippen LogP contribution >= 0.6 is 0 Å². The molecule has 1 N–H and O–H groups in total. The predicted octanol–water partition coefficient (Wildman–Crippen LogP) is 5.11. The number of fused-ring (bicyclic) bond motifs is 1. The number of amides is 1. The van der Waals surface area contributed by atoms with Crippen LogP contribution in [0, 0.1) is 11.8 Å². The fourth-order valence-corrected chi connectivity index (χ4v) is 3.42. The maximum Gasteiger partial charge on any atom is 0.391 e. The van der Waals surface area contributed by atoms with E-state index in [4.69, 9.17) is 4.74 Å². The molecule has 7 heteroatoms. The first kappa shape index (κ1) is 19.2. The molecule has 0 aliphatic heterocycles. The van der Waals surface area contributed by atoms with Gasteiger partial charge in [-0.1, -0.05) is 6.58 Å². The molecule has 1 aromatic heterocycles. The van der Waals surface area contributed by atoms with E-state index in [0.717, 1.165) is 5.39 Å². The van der Waals surface area contributed by atoms with Crippen molar-refractivity contribution in [3.63, 3.8) is 0 Å². The SMILES string of the molecule is C=CC(=O)Nc1ccc(OC[C@H]2CC[C@H](C(F)(F)F)CC2)c2ncccc12. The molecule has 2 aromatic rings. The average molecular weight is 378 g/mol. The number of nitrogens with one attached hydrogen (secondary N) is 1. The number of pyridine rings is 1. The van der Waals surface area contributed by atoms with E-state index in [1.807, 2.05) is 6.07 Å². The molecule has 3 rings (SSSR count). The van der Waals surface area contributed by atoms with Crippen molar-refractivity contribution in [1.82, 2.24) is 4.98 Å². The molecule has 27 heavy (non-hydrogen) atoms. The molecule has 1 saturated carbocycles. The first-order valence-electron chi connectivity index (χ1n) is 8.89. The summed E-state index contributed by atoms with van der Waals surface area (Å²) in [7, 11) is 0.